The Kier molecular flexibility index (Phi) is 7.39. The quantitative estimate of drug-likeness (QED) is 0.664. The Hall–Kier alpha value is -2.87. The first-order chi connectivity index (χ1) is 13.7. The van der Waals surface area contributed by atoms with Crippen LogP contribution in [0.2, 0.25) is 0 Å². The molecule has 0 spiro atoms. The molecule has 0 unspecified atom stereocenters. The topological polar surface area (TPSA) is 92.8 Å². The monoisotopic (exact) mass is 418 g/mol. The van der Waals surface area contributed by atoms with Gasteiger partial charge in [0.1, 0.15) is 6.04 Å². The molecule has 2 aromatic rings. The van der Waals surface area contributed by atoms with E-state index in [1.54, 1.807) is 63.2 Å². The summed E-state index contributed by atoms with van der Waals surface area (Å²) in [5.41, 5.74) is 1.89. The highest BCUT2D eigenvalue weighted by molar-refractivity contribution is 7.92. The molecule has 1 N–H and O–H groups in total. The lowest BCUT2D eigenvalue weighted by atomic mass is 10.1. The van der Waals surface area contributed by atoms with Gasteiger partial charge in [-0.2, -0.15) is 0 Å². The highest BCUT2D eigenvalue weighted by atomic mass is 32.2. The number of aryl methyl sites for hydroxylation is 1. The first-order valence-electron chi connectivity index (χ1n) is 9.32. The van der Waals surface area contributed by atoms with Gasteiger partial charge in [0.25, 0.3) is 0 Å². The number of esters is 1. The number of nitrogens with zero attached hydrogens (tertiary/aromatic N) is 1. The minimum Gasteiger partial charge on any atom is -0.462 e. The molecule has 2 rings (SSSR count). The molecule has 2 aromatic carbocycles. The van der Waals surface area contributed by atoms with Gasteiger partial charge in [-0.3, -0.25) is 9.10 Å². The third-order valence-corrected chi connectivity index (χ3v) is 5.53. The molecule has 1 atom stereocenters. The van der Waals surface area contributed by atoms with Gasteiger partial charge >= 0.3 is 5.97 Å². The van der Waals surface area contributed by atoms with Crippen molar-refractivity contribution in [3.05, 3.63) is 59.7 Å². The van der Waals surface area contributed by atoms with Crippen molar-refractivity contribution in [1.29, 1.82) is 0 Å². The maximum atomic E-state index is 13.0. The Balaban J connectivity index is 2.36. The lowest BCUT2D eigenvalue weighted by Crippen LogP contribution is -2.47. The van der Waals surface area contributed by atoms with Crippen molar-refractivity contribution < 1.29 is 22.7 Å². The number of hydrogen-bond donors (Lipinski definition) is 1. The van der Waals surface area contributed by atoms with Crippen LogP contribution in [0.4, 0.5) is 11.4 Å². The molecule has 0 heterocycles. The van der Waals surface area contributed by atoms with Crippen LogP contribution in [0.25, 0.3) is 0 Å². The zero-order valence-electron chi connectivity index (χ0n) is 17.0. The SMILES string of the molecule is CCOC(=O)c1ccc(C)c(NC(=O)[C@@H](CC)N(c2ccccc2)S(C)(=O)=O)c1. The summed E-state index contributed by atoms with van der Waals surface area (Å²) in [6.45, 7) is 5.49. The molecule has 0 fully saturated rings. The highest BCUT2D eigenvalue weighted by Gasteiger charge is 2.31. The number of anilines is 2. The van der Waals surface area contributed by atoms with Gasteiger partial charge in [0.05, 0.1) is 24.1 Å². The molecule has 0 radical (unpaired) electrons. The summed E-state index contributed by atoms with van der Waals surface area (Å²) in [6, 6.07) is 12.4. The van der Waals surface area contributed by atoms with Gasteiger partial charge in [-0.15, -0.1) is 0 Å². The number of para-hydroxylation sites is 1. The van der Waals surface area contributed by atoms with Crippen molar-refractivity contribution in [2.75, 3.05) is 22.5 Å². The molecular weight excluding hydrogens is 392 g/mol. The third-order valence-electron chi connectivity index (χ3n) is 4.35. The van der Waals surface area contributed by atoms with Gasteiger partial charge in [-0.25, -0.2) is 13.2 Å². The summed E-state index contributed by atoms with van der Waals surface area (Å²) in [5, 5.41) is 2.77. The van der Waals surface area contributed by atoms with Crippen molar-refractivity contribution in [1.82, 2.24) is 0 Å². The molecule has 0 aliphatic rings. The van der Waals surface area contributed by atoms with Crippen LogP contribution in [0.15, 0.2) is 48.5 Å². The van der Waals surface area contributed by atoms with Crippen molar-refractivity contribution in [2.24, 2.45) is 0 Å². The first-order valence-corrected chi connectivity index (χ1v) is 11.2. The second-order valence-electron chi connectivity index (χ2n) is 6.56. The lowest BCUT2D eigenvalue weighted by Gasteiger charge is -2.30. The van der Waals surface area contributed by atoms with Gasteiger partial charge < -0.3 is 10.1 Å². The second kappa shape index (κ2) is 9.56. The fourth-order valence-corrected chi connectivity index (χ4v) is 4.16. The van der Waals surface area contributed by atoms with Crippen molar-refractivity contribution in [3.63, 3.8) is 0 Å². The predicted molar refractivity (Wildman–Crippen MR) is 114 cm³/mol. The van der Waals surface area contributed by atoms with E-state index >= 15 is 0 Å². The predicted octanol–water partition coefficient (Wildman–Crippen LogP) is 3.36. The van der Waals surface area contributed by atoms with Crippen LogP contribution in [0.5, 0.6) is 0 Å². The number of benzene rings is 2. The van der Waals surface area contributed by atoms with E-state index < -0.39 is 27.9 Å². The van der Waals surface area contributed by atoms with E-state index in [0.717, 1.165) is 16.1 Å². The van der Waals surface area contributed by atoms with Crippen LogP contribution in [0.1, 0.15) is 36.2 Å². The summed E-state index contributed by atoms with van der Waals surface area (Å²) in [6.07, 6.45) is 1.34. The number of hydrogen-bond acceptors (Lipinski definition) is 5. The van der Waals surface area contributed by atoms with E-state index in [1.165, 1.54) is 6.07 Å². The van der Waals surface area contributed by atoms with Crippen molar-refractivity contribution in [3.8, 4) is 0 Å². The van der Waals surface area contributed by atoms with Crippen molar-refractivity contribution in [2.45, 2.75) is 33.2 Å². The number of sulfonamides is 1. The molecule has 0 bridgehead atoms. The van der Waals surface area contributed by atoms with Gasteiger partial charge in [-0.1, -0.05) is 31.2 Å². The van der Waals surface area contributed by atoms with Crippen LogP contribution in [-0.2, 0) is 19.6 Å². The maximum absolute atomic E-state index is 13.0. The van der Waals surface area contributed by atoms with Crippen molar-refractivity contribution >= 4 is 33.3 Å². The molecular formula is C21H26N2O5S. The number of rotatable bonds is 8. The summed E-state index contributed by atoms with van der Waals surface area (Å²) in [7, 11) is -3.71. The molecule has 0 aliphatic heterocycles. The van der Waals surface area contributed by atoms with E-state index in [4.69, 9.17) is 4.74 Å². The average Bonchev–Trinajstić information content (AvgIpc) is 2.67. The molecule has 0 aliphatic carbocycles. The standard InChI is InChI=1S/C21H26N2O5S/c1-5-19(23(29(4,26)27)17-10-8-7-9-11-17)20(24)22-18-14-16(13-12-15(18)3)21(25)28-6-2/h7-14,19H,5-6H2,1-4H3,(H,22,24)/t19-/m1/s1. The van der Waals surface area contributed by atoms with E-state index in [2.05, 4.69) is 5.32 Å². The maximum Gasteiger partial charge on any atom is 0.338 e. The van der Waals surface area contributed by atoms with Crippen LogP contribution < -0.4 is 9.62 Å². The lowest BCUT2D eigenvalue weighted by molar-refractivity contribution is -0.117. The molecule has 8 heteroatoms. The average molecular weight is 419 g/mol. The first kappa shape index (κ1) is 22.4. The molecule has 29 heavy (non-hydrogen) atoms. The minimum absolute atomic E-state index is 0.243. The van der Waals surface area contributed by atoms with Gasteiger partial charge in [-0.05, 0) is 50.1 Å². The Morgan fingerprint density at radius 1 is 1.10 bits per heavy atom. The van der Waals surface area contributed by atoms with E-state index in [9.17, 15) is 18.0 Å². The Labute approximate surface area is 171 Å². The summed E-state index contributed by atoms with van der Waals surface area (Å²) in [4.78, 5) is 25.0. The third kappa shape index (κ3) is 5.57. The Bertz CT molecular complexity index is 974. The minimum atomic E-state index is -3.71. The molecule has 1 amide bonds. The molecule has 7 nitrogen and oxygen atoms in total. The van der Waals surface area contributed by atoms with Crippen LogP contribution in [-0.4, -0.2) is 39.2 Å². The molecule has 0 saturated heterocycles. The van der Waals surface area contributed by atoms with E-state index in [-0.39, 0.29) is 13.0 Å². The fourth-order valence-electron chi connectivity index (χ4n) is 2.95. The number of carbonyl (C=O) groups is 2. The molecule has 0 aromatic heterocycles. The van der Waals surface area contributed by atoms with E-state index in [1.807, 2.05) is 0 Å². The molecule has 156 valence electrons. The zero-order chi connectivity index (χ0) is 21.6. The number of carbonyl (C=O) groups excluding carboxylic acids is 2. The second-order valence-corrected chi connectivity index (χ2v) is 8.42. The highest BCUT2D eigenvalue weighted by Crippen LogP contribution is 2.24. The van der Waals surface area contributed by atoms with Crippen LogP contribution in [0.3, 0.4) is 0 Å². The fraction of sp³-hybridized carbons (Fsp3) is 0.333. The Morgan fingerprint density at radius 3 is 2.31 bits per heavy atom. The van der Waals surface area contributed by atoms with Crippen LogP contribution >= 0.6 is 0 Å². The van der Waals surface area contributed by atoms with Crippen LogP contribution in [0, 0.1) is 6.92 Å². The smallest absolute Gasteiger partial charge is 0.338 e. The van der Waals surface area contributed by atoms with E-state index in [0.29, 0.717) is 16.9 Å². The summed E-state index contributed by atoms with van der Waals surface area (Å²) >= 11 is 0. The van der Waals surface area contributed by atoms with Gasteiger partial charge in [0, 0.05) is 5.69 Å². The Morgan fingerprint density at radius 2 is 1.76 bits per heavy atom. The summed E-state index contributed by atoms with van der Waals surface area (Å²) in [5.74, 6) is -0.969. The molecule has 0 saturated carbocycles. The normalized spacial score (nSPS) is 12.1. The largest absolute Gasteiger partial charge is 0.462 e. The number of ether oxygens (including phenoxy) is 1. The van der Waals surface area contributed by atoms with Gasteiger partial charge in [0.15, 0.2) is 0 Å². The zero-order valence-corrected chi connectivity index (χ0v) is 17.8. The number of amides is 1. The summed E-state index contributed by atoms with van der Waals surface area (Å²) < 4.78 is 31.0. The van der Waals surface area contributed by atoms with Gasteiger partial charge in [0.2, 0.25) is 15.9 Å². The number of nitrogens with one attached hydrogen (secondary N) is 1.